The van der Waals surface area contributed by atoms with Crippen molar-refractivity contribution in [3.05, 3.63) is 29.8 Å². The lowest BCUT2D eigenvalue weighted by atomic mass is 10.1. The standard InChI is InChI=1S/C13H12N4O5/c18-11(19)7-22-10-4-2-1-3-8(10)5-14-16-12(20)9-6-15-17-13(9)21/h1-6,9H,7H2,(H,16,20)(H,17,21)(H,18,19). The van der Waals surface area contributed by atoms with E-state index in [0.717, 1.165) is 0 Å². The Balaban J connectivity index is 1.98. The van der Waals surface area contributed by atoms with E-state index in [1.165, 1.54) is 12.4 Å². The molecule has 1 atom stereocenters. The van der Waals surface area contributed by atoms with E-state index in [0.29, 0.717) is 11.3 Å². The molecule has 1 aromatic rings. The molecule has 9 nitrogen and oxygen atoms in total. The van der Waals surface area contributed by atoms with Gasteiger partial charge in [0.1, 0.15) is 5.75 Å². The molecule has 1 aromatic carbocycles. The van der Waals surface area contributed by atoms with Gasteiger partial charge >= 0.3 is 5.97 Å². The molecule has 0 aromatic heterocycles. The van der Waals surface area contributed by atoms with Crippen molar-refractivity contribution in [1.82, 2.24) is 10.9 Å². The zero-order valence-electron chi connectivity index (χ0n) is 11.2. The maximum absolute atomic E-state index is 11.7. The summed E-state index contributed by atoms with van der Waals surface area (Å²) < 4.78 is 5.08. The number of carboxylic acids is 1. The van der Waals surface area contributed by atoms with Crippen LogP contribution in [-0.4, -0.2) is 41.9 Å². The predicted molar refractivity (Wildman–Crippen MR) is 75.4 cm³/mol. The number of hydrazone groups is 2. The zero-order valence-corrected chi connectivity index (χ0v) is 11.2. The number of para-hydroxylation sites is 1. The van der Waals surface area contributed by atoms with E-state index >= 15 is 0 Å². The molecule has 0 saturated carbocycles. The third-order valence-corrected chi connectivity index (χ3v) is 2.61. The Kier molecular flexibility index (Phi) is 4.81. The number of rotatable bonds is 6. The molecule has 0 aliphatic carbocycles. The number of carboxylic acid groups (broad SMARTS) is 1. The van der Waals surface area contributed by atoms with Crippen molar-refractivity contribution in [1.29, 1.82) is 0 Å². The average Bonchev–Trinajstić information content (AvgIpc) is 2.92. The summed E-state index contributed by atoms with van der Waals surface area (Å²) in [7, 11) is 0. The molecule has 2 rings (SSSR count). The fraction of sp³-hybridized carbons (Fsp3) is 0.154. The first-order chi connectivity index (χ1) is 10.6. The Morgan fingerprint density at radius 3 is 2.91 bits per heavy atom. The van der Waals surface area contributed by atoms with Crippen molar-refractivity contribution >= 4 is 30.2 Å². The summed E-state index contributed by atoms with van der Waals surface area (Å²) in [5.41, 5.74) is 4.82. The minimum Gasteiger partial charge on any atom is -0.481 e. The van der Waals surface area contributed by atoms with E-state index in [2.05, 4.69) is 21.1 Å². The van der Waals surface area contributed by atoms with E-state index in [4.69, 9.17) is 9.84 Å². The van der Waals surface area contributed by atoms with Gasteiger partial charge in [-0.1, -0.05) is 12.1 Å². The van der Waals surface area contributed by atoms with Gasteiger partial charge in [-0.3, -0.25) is 9.59 Å². The maximum Gasteiger partial charge on any atom is 0.341 e. The highest BCUT2D eigenvalue weighted by atomic mass is 16.5. The smallest absolute Gasteiger partial charge is 0.341 e. The first-order valence-electron chi connectivity index (χ1n) is 6.17. The van der Waals surface area contributed by atoms with Crippen LogP contribution < -0.4 is 15.6 Å². The molecular formula is C13H12N4O5. The number of amides is 2. The van der Waals surface area contributed by atoms with E-state index in [1.807, 2.05) is 0 Å². The topological polar surface area (TPSA) is 129 Å². The van der Waals surface area contributed by atoms with Crippen molar-refractivity contribution in [2.75, 3.05) is 6.61 Å². The molecule has 0 saturated heterocycles. The van der Waals surface area contributed by atoms with Gasteiger partial charge in [0.05, 0.1) is 6.21 Å². The molecule has 0 spiro atoms. The van der Waals surface area contributed by atoms with Gasteiger partial charge in [-0.25, -0.2) is 15.6 Å². The average molecular weight is 304 g/mol. The minimum atomic E-state index is -1.11. The molecular weight excluding hydrogens is 292 g/mol. The Hall–Kier alpha value is -3.23. The number of aliphatic carboxylic acids is 1. The number of carbonyl (C=O) groups is 3. The summed E-state index contributed by atoms with van der Waals surface area (Å²) in [5, 5.41) is 15.8. The van der Waals surface area contributed by atoms with Gasteiger partial charge in [0.15, 0.2) is 12.5 Å². The molecule has 1 unspecified atom stereocenters. The van der Waals surface area contributed by atoms with Crippen molar-refractivity contribution in [2.24, 2.45) is 16.1 Å². The summed E-state index contributed by atoms with van der Waals surface area (Å²) in [4.78, 5) is 33.4. The quantitative estimate of drug-likeness (QED) is 0.365. The Morgan fingerprint density at radius 2 is 2.23 bits per heavy atom. The van der Waals surface area contributed by atoms with Crippen LogP contribution in [0.4, 0.5) is 0 Å². The normalized spacial score (nSPS) is 16.5. The lowest BCUT2D eigenvalue weighted by molar-refractivity contribution is -0.139. The van der Waals surface area contributed by atoms with Gasteiger partial charge in [-0.15, -0.1) is 0 Å². The fourth-order valence-electron chi connectivity index (χ4n) is 1.59. The number of hydrogen-bond acceptors (Lipinski definition) is 6. The molecule has 114 valence electrons. The molecule has 3 N–H and O–H groups in total. The molecule has 22 heavy (non-hydrogen) atoms. The number of nitrogens with zero attached hydrogens (tertiary/aromatic N) is 2. The highest BCUT2D eigenvalue weighted by molar-refractivity contribution is 6.15. The van der Waals surface area contributed by atoms with Crippen LogP contribution in [0.5, 0.6) is 5.75 Å². The SMILES string of the molecule is O=C(O)COc1ccccc1C=NNC(=O)C1C=NNC1=O. The second kappa shape index (κ2) is 6.97. The van der Waals surface area contributed by atoms with Crippen molar-refractivity contribution in [3.8, 4) is 5.75 Å². The Labute approximate surface area is 124 Å². The number of ether oxygens (including phenoxy) is 1. The van der Waals surface area contributed by atoms with Crippen LogP contribution in [0.25, 0.3) is 0 Å². The van der Waals surface area contributed by atoms with Gasteiger partial charge in [-0.2, -0.15) is 10.2 Å². The molecule has 1 aliphatic heterocycles. The molecule has 9 heteroatoms. The molecule has 0 bridgehead atoms. The van der Waals surface area contributed by atoms with Crippen molar-refractivity contribution in [3.63, 3.8) is 0 Å². The lowest BCUT2D eigenvalue weighted by Gasteiger charge is -2.06. The van der Waals surface area contributed by atoms with E-state index in [1.54, 1.807) is 24.3 Å². The fourth-order valence-corrected chi connectivity index (χ4v) is 1.59. The highest BCUT2D eigenvalue weighted by Crippen LogP contribution is 2.15. The zero-order chi connectivity index (χ0) is 15.9. The summed E-state index contributed by atoms with van der Waals surface area (Å²) >= 11 is 0. The van der Waals surface area contributed by atoms with Crippen LogP contribution in [0, 0.1) is 5.92 Å². The van der Waals surface area contributed by atoms with Crippen LogP contribution in [0.15, 0.2) is 34.5 Å². The molecule has 0 fully saturated rings. The molecule has 2 amide bonds. The predicted octanol–water partition coefficient (Wildman–Crippen LogP) is -0.668. The number of hydrogen-bond donors (Lipinski definition) is 3. The van der Waals surface area contributed by atoms with Gasteiger partial charge in [0, 0.05) is 11.8 Å². The first-order valence-corrected chi connectivity index (χ1v) is 6.17. The molecule has 1 heterocycles. The largest absolute Gasteiger partial charge is 0.481 e. The summed E-state index contributed by atoms with van der Waals surface area (Å²) in [6.45, 7) is -0.490. The monoisotopic (exact) mass is 304 g/mol. The molecule has 1 aliphatic rings. The minimum absolute atomic E-state index is 0.308. The summed E-state index contributed by atoms with van der Waals surface area (Å²) in [5.74, 6) is -2.97. The molecule has 0 radical (unpaired) electrons. The summed E-state index contributed by atoms with van der Waals surface area (Å²) in [6.07, 6.45) is 2.47. The Bertz CT molecular complexity index is 656. The summed E-state index contributed by atoms with van der Waals surface area (Å²) in [6, 6.07) is 6.58. The number of benzene rings is 1. The van der Waals surface area contributed by atoms with Crippen LogP contribution in [-0.2, 0) is 14.4 Å². The third-order valence-electron chi connectivity index (χ3n) is 2.61. The van der Waals surface area contributed by atoms with Crippen LogP contribution in [0.3, 0.4) is 0 Å². The second-order valence-corrected chi connectivity index (χ2v) is 4.19. The van der Waals surface area contributed by atoms with E-state index < -0.39 is 30.3 Å². The highest BCUT2D eigenvalue weighted by Gasteiger charge is 2.28. The lowest BCUT2D eigenvalue weighted by Crippen LogP contribution is -2.34. The van der Waals surface area contributed by atoms with Crippen molar-refractivity contribution in [2.45, 2.75) is 0 Å². The van der Waals surface area contributed by atoms with Crippen LogP contribution >= 0.6 is 0 Å². The second-order valence-electron chi connectivity index (χ2n) is 4.19. The third kappa shape index (κ3) is 3.88. The van der Waals surface area contributed by atoms with Crippen LogP contribution in [0.1, 0.15) is 5.56 Å². The van der Waals surface area contributed by atoms with E-state index in [-0.39, 0.29) is 0 Å². The maximum atomic E-state index is 11.7. The van der Waals surface area contributed by atoms with Crippen LogP contribution in [0.2, 0.25) is 0 Å². The van der Waals surface area contributed by atoms with Gasteiger partial charge < -0.3 is 9.84 Å². The number of carbonyl (C=O) groups excluding carboxylic acids is 2. The van der Waals surface area contributed by atoms with Gasteiger partial charge in [0.25, 0.3) is 11.8 Å². The van der Waals surface area contributed by atoms with Crippen molar-refractivity contribution < 1.29 is 24.2 Å². The Morgan fingerprint density at radius 1 is 1.45 bits per heavy atom. The van der Waals surface area contributed by atoms with Gasteiger partial charge in [0.2, 0.25) is 0 Å². The van der Waals surface area contributed by atoms with Gasteiger partial charge in [-0.05, 0) is 12.1 Å². The van der Waals surface area contributed by atoms with E-state index in [9.17, 15) is 14.4 Å². The number of nitrogens with one attached hydrogen (secondary N) is 2. The first kappa shape index (κ1) is 15.2.